The second-order valence-electron chi connectivity index (χ2n) is 4.50. The van der Waals surface area contributed by atoms with Gasteiger partial charge in [0.25, 0.3) is 5.82 Å². The van der Waals surface area contributed by atoms with Crippen molar-refractivity contribution in [1.82, 2.24) is 0 Å². The second-order valence-corrected chi connectivity index (χ2v) is 4.86. The zero-order valence-electron chi connectivity index (χ0n) is 12.6. The van der Waals surface area contributed by atoms with Crippen molar-refractivity contribution in [3.05, 3.63) is 16.8 Å². The molecule has 1 aromatic heterocycles. The molecule has 0 saturated heterocycles. The van der Waals surface area contributed by atoms with E-state index in [1.165, 1.54) is 0 Å². The van der Waals surface area contributed by atoms with Crippen LogP contribution >= 0.6 is 11.6 Å². The van der Waals surface area contributed by atoms with Crippen molar-refractivity contribution >= 4 is 23.1 Å². The molecule has 6 nitrogen and oxygen atoms in total. The molecule has 0 amide bonds. The summed E-state index contributed by atoms with van der Waals surface area (Å²) in [7, 11) is 3.23. The second kappa shape index (κ2) is 8.67. The molecule has 0 spiro atoms. The molecule has 0 fully saturated rings. The van der Waals surface area contributed by atoms with Gasteiger partial charge in [0, 0.05) is 33.8 Å². The number of nitriles is 1. The van der Waals surface area contributed by atoms with E-state index in [1.807, 2.05) is 6.92 Å². The normalized spacial score (nSPS) is 12.0. The molecule has 1 heterocycles. The Balaban J connectivity index is 3.11. The minimum Gasteiger partial charge on any atom is -0.385 e. The third-order valence-corrected chi connectivity index (χ3v) is 3.49. The van der Waals surface area contributed by atoms with Gasteiger partial charge in [-0.25, -0.2) is 0 Å². The van der Waals surface area contributed by atoms with E-state index < -0.39 is 0 Å². The highest BCUT2D eigenvalue weighted by molar-refractivity contribution is 6.30. The summed E-state index contributed by atoms with van der Waals surface area (Å²) in [6.45, 7) is 3.27. The number of rotatable bonds is 8. The van der Waals surface area contributed by atoms with Crippen molar-refractivity contribution in [2.45, 2.75) is 26.0 Å². The van der Waals surface area contributed by atoms with Gasteiger partial charge in [-0.15, -0.1) is 0 Å². The van der Waals surface area contributed by atoms with Crippen LogP contribution in [0.5, 0.6) is 0 Å². The molecule has 0 aliphatic carbocycles. The van der Waals surface area contributed by atoms with E-state index in [9.17, 15) is 5.26 Å². The van der Waals surface area contributed by atoms with Crippen molar-refractivity contribution in [3.63, 3.8) is 0 Å². The topological polar surface area (TPSA) is 84.2 Å². The Kier molecular flexibility index (Phi) is 7.23. The number of aromatic nitrogens is 1. The first-order chi connectivity index (χ1) is 10.1. The Morgan fingerprint density at radius 2 is 2.24 bits per heavy atom. The smallest absolute Gasteiger partial charge is 0.277 e. The number of hydrogen-bond donors (Lipinski definition) is 2. The van der Waals surface area contributed by atoms with Crippen LogP contribution in [0, 0.1) is 11.3 Å². The van der Waals surface area contributed by atoms with Crippen LogP contribution < -0.4 is 15.6 Å². The van der Waals surface area contributed by atoms with Crippen molar-refractivity contribution in [2.24, 2.45) is 0 Å². The summed E-state index contributed by atoms with van der Waals surface area (Å²) in [4.78, 5) is 0. The van der Waals surface area contributed by atoms with Gasteiger partial charge in [-0.2, -0.15) is 9.83 Å². The lowest BCUT2D eigenvalue weighted by atomic mass is 10.2. The van der Waals surface area contributed by atoms with E-state index in [-0.39, 0.29) is 11.4 Å². The average molecular weight is 314 g/mol. The molecule has 0 saturated carbocycles. The lowest BCUT2D eigenvalue weighted by molar-refractivity contribution is -0.746. The van der Waals surface area contributed by atoms with Crippen LogP contribution in [0.15, 0.2) is 6.07 Å². The number of methoxy groups -OCH3 is 2. The molecule has 0 aromatic carbocycles. The van der Waals surface area contributed by atoms with E-state index in [2.05, 4.69) is 11.4 Å². The maximum Gasteiger partial charge on any atom is 0.277 e. The molecule has 1 aromatic rings. The molecule has 21 heavy (non-hydrogen) atoms. The summed E-state index contributed by atoms with van der Waals surface area (Å²) >= 11 is 6.33. The van der Waals surface area contributed by atoms with E-state index in [0.29, 0.717) is 36.6 Å². The first kappa shape index (κ1) is 17.5. The number of anilines is 2. The number of pyridine rings is 1. The largest absolute Gasteiger partial charge is 0.385 e. The van der Waals surface area contributed by atoms with Gasteiger partial charge in [-0.1, -0.05) is 6.92 Å². The number of nitrogens with two attached hydrogens (primary N) is 1. The molecule has 1 atom stereocenters. The fourth-order valence-electron chi connectivity index (χ4n) is 2.07. The van der Waals surface area contributed by atoms with Gasteiger partial charge in [-0.05, 0) is 18.0 Å². The number of halogens is 1. The number of nitrogens with one attached hydrogen (secondary N) is 1. The average Bonchev–Trinajstić information content (AvgIpc) is 2.48. The Hall–Kier alpha value is -1.55. The zero-order valence-corrected chi connectivity index (χ0v) is 13.4. The van der Waals surface area contributed by atoms with Gasteiger partial charge >= 0.3 is 0 Å². The maximum absolute atomic E-state index is 9.35. The zero-order chi connectivity index (χ0) is 15.8. The van der Waals surface area contributed by atoms with Crippen molar-refractivity contribution in [2.75, 3.05) is 38.4 Å². The summed E-state index contributed by atoms with van der Waals surface area (Å²) < 4.78 is 12.0. The predicted octanol–water partition coefficient (Wildman–Crippen LogP) is 2.08. The lowest BCUT2D eigenvalue weighted by Crippen LogP contribution is -2.45. The molecule has 116 valence electrons. The fourth-order valence-corrected chi connectivity index (χ4v) is 2.42. The first-order valence-corrected chi connectivity index (χ1v) is 7.17. The van der Waals surface area contributed by atoms with Gasteiger partial charge in [0.2, 0.25) is 11.4 Å². The highest BCUT2D eigenvalue weighted by Crippen LogP contribution is 2.25. The summed E-state index contributed by atoms with van der Waals surface area (Å²) in [5, 5.41) is 12.8. The molecule has 1 unspecified atom stereocenters. The molecular weight excluding hydrogens is 292 g/mol. The van der Waals surface area contributed by atoms with E-state index >= 15 is 0 Å². The first-order valence-electron chi connectivity index (χ1n) is 6.79. The van der Waals surface area contributed by atoms with Gasteiger partial charge < -0.3 is 14.8 Å². The van der Waals surface area contributed by atoms with Crippen molar-refractivity contribution < 1.29 is 14.0 Å². The van der Waals surface area contributed by atoms with Gasteiger partial charge in [-0.3, -0.25) is 5.73 Å². The van der Waals surface area contributed by atoms with Crippen LogP contribution in [-0.2, 0) is 9.47 Å². The Labute approximate surface area is 130 Å². The quantitative estimate of drug-likeness (QED) is 0.436. The monoisotopic (exact) mass is 313 g/mol. The predicted molar refractivity (Wildman–Crippen MR) is 82.1 cm³/mol. The van der Waals surface area contributed by atoms with E-state index in [1.54, 1.807) is 24.9 Å². The van der Waals surface area contributed by atoms with Gasteiger partial charge in [0.15, 0.2) is 0 Å². The van der Waals surface area contributed by atoms with Crippen LogP contribution in [0.4, 0.5) is 11.5 Å². The third kappa shape index (κ3) is 4.21. The maximum atomic E-state index is 9.35. The fraction of sp³-hybridized carbons (Fsp3) is 0.571. The number of nitrogens with zero attached hydrogens (tertiary/aromatic N) is 2. The van der Waals surface area contributed by atoms with Crippen molar-refractivity contribution in [1.29, 1.82) is 5.26 Å². The number of nitrogen functional groups attached to an aromatic ring is 1. The summed E-state index contributed by atoms with van der Waals surface area (Å²) in [5.74, 6) is 0.446. The SMILES string of the molecule is CCC(OC)[n+]1c(N)cc(NCCCOC)c(C#N)c1Cl. The van der Waals surface area contributed by atoms with E-state index in [0.717, 1.165) is 6.42 Å². The van der Waals surface area contributed by atoms with Crippen LogP contribution in [0.25, 0.3) is 0 Å². The van der Waals surface area contributed by atoms with Crippen LogP contribution in [0.3, 0.4) is 0 Å². The molecule has 0 bridgehead atoms. The molecule has 1 rings (SSSR count). The molecular formula is C14H22ClN4O2+. The molecule has 3 N–H and O–H groups in total. The number of hydrogen-bond acceptors (Lipinski definition) is 5. The van der Waals surface area contributed by atoms with Crippen LogP contribution in [0.1, 0.15) is 31.6 Å². The standard InChI is InChI=1S/C14H21ClN4O2/c1-4-13(21-3)19-12(17)8-11(10(9-16)14(19)15)18-6-5-7-20-2/h8,13H,4-7H2,1-3H3,(H2,17,18)/p+1. The highest BCUT2D eigenvalue weighted by Gasteiger charge is 2.25. The van der Waals surface area contributed by atoms with Gasteiger partial charge in [0.1, 0.15) is 11.6 Å². The minimum atomic E-state index is -0.299. The molecule has 0 aliphatic heterocycles. The Morgan fingerprint density at radius 3 is 2.76 bits per heavy atom. The molecule has 7 heteroatoms. The third-order valence-electron chi connectivity index (χ3n) is 3.12. The van der Waals surface area contributed by atoms with Crippen LogP contribution in [-0.4, -0.2) is 27.4 Å². The Bertz CT molecular complexity index is 513. The van der Waals surface area contributed by atoms with Crippen molar-refractivity contribution in [3.8, 4) is 6.07 Å². The van der Waals surface area contributed by atoms with E-state index in [4.69, 9.17) is 26.8 Å². The van der Waals surface area contributed by atoms with Crippen LogP contribution in [0.2, 0.25) is 5.15 Å². The van der Waals surface area contributed by atoms with Gasteiger partial charge in [0.05, 0.1) is 11.8 Å². The summed E-state index contributed by atoms with van der Waals surface area (Å²) in [5.41, 5.74) is 7.04. The lowest BCUT2D eigenvalue weighted by Gasteiger charge is -2.17. The summed E-state index contributed by atoms with van der Waals surface area (Å²) in [6.07, 6.45) is 1.21. The molecule has 0 aliphatic rings. The highest BCUT2D eigenvalue weighted by atomic mass is 35.5. The number of ether oxygens (including phenoxy) is 2. The summed E-state index contributed by atoms with van der Waals surface area (Å²) in [6, 6.07) is 3.83. The Morgan fingerprint density at radius 1 is 1.52 bits per heavy atom. The minimum absolute atomic E-state index is 0.278. The molecule has 0 radical (unpaired) electrons.